The van der Waals surface area contributed by atoms with Crippen LogP contribution in [0.5, 0.6) is 0 Å². The van der Waals surface area contributed by atoms with Gasteiger partial charge in [-0.2, -0.15) is 0 Å². The van der Waals surface area contributed by atoms with E-state index in [-0.39, 0.29) is 16.7 Å². The van der Waals surface area contributed by atoms with E-state index in [1.54, 1.807) is 0 Å². The topological polar surface area (TPSA) is 20.3 Å². The summed E-state index contributed by atoms with van der Waals surface area (Å²) < 4.78 is 0. The van der Waals surface area contributed by atoms with Crippen molar-refractivity contribution in [1.82, 2.24) is 4.90 Å². The molecule has 3 heteroatoms. The van der Waals surface area contributed by atoms with E-state index in [4.69, 9.17) is 11.6 Å². The predicted molar refractivity (Wildman–Crippen MR) is 64.1 cm³/mol. The average molecular weight is 232 g/mol. The molecule has 0 bridgehead atoms. The zero-order chi connectivity index (χ0) is 11.6. The van der Waals surface area contributed by atoms with Crippen LogP contribution in [0.1, 0.15) is 40.5 Å². The molecule has 15 heavy (non-hydrogen) atoms. The van der Waals surface area contributed by atoms with E-state index in [2.05, 4.69) is 27.7 Å². The molecule has 1 heterocycles. The van der Waals surface area contributed by atoms with Gasteiger partial charge in [-0.15, -0.1) is 11.6 Å². The van der Waals surface area contributed by atoms with E-state index in [9.17, 15) is 4.79 Å². The summed E-state index contributed by atoms with van der Waals surface area (Å²) in [6.45, 7) is 10.3. The van der Waals surface area contributed by atoms with Crippen LogP contribution in [0.2, 0.25) is 0 Å². The molecular formula is C12H22ClNO. The van der Waals surface area contributed by atoms with Gasteiger partial charge in [-0.05, 0) is 17.8 Å². The fourth-order valence-corrected chi connectivity index (χ4v) is 1.91. The molecule has 2 nitrogen and oxygen atoms in total. The Hall–Kier alpha value is -0.240. The smallest absolute Gasteiger partial charge is 0.222 e. The van der Waals surface area contributed by atoms with Crippen LogP contribution in [0.4, 0.5) is 0 Å². The molecule has 0 aromatic rings. The molecule has 0 aromatic heterocycles. The quantitative estimate of drug-likeness (QED) is 0.670. The van der Waals surface area contributed by atoms with Crippen molar-refractivity contribution in [2.75, 3.05) is 13.1 Å². The molecule has 1 aliphatic heterocycles. The molecule has 2 unspecified atom stereocenters. The largest absolute Gasteiger partial charge is 0.341 e. The molecule has 1 amide bonds. The Labute approximate surface area is 98.0 Å². The lowest BCUT2D eigenvalue weighted by molar-refractivity contribution is -0.131. The van der Waals surface area contributed by atoms with E-state index < -0.39 is 0 Å². The summed E-state index contributed by atoms with van der Waals surface area (Å²) in [5, 5.41) is 0.166. The number of hydrogen-bond donors (Lipinski definition) is 0. The van der Waals surface area contributed by atoms with Crippen LogP contribution < -0.4 is 0 Å². The third-order valence-electron chi connectivity index (χ3n) is 3.44. The minimum Gasteiger partial charge on any atom is -0.341 e. The number of carbonyl (C=O) groups excluding carboxylic acids is 1. The van der Waals surface area contributed by atoms with Crippen LogP contribution in [0.25, 0.3) is 0 Å². The number of hydrogen-bond acceptors (Lipinski definition) is 1. The summed E-state index contributed by atoms with van der Waals surface area (Å²) in [6, 6.07) is 0. The van der Waals surface area contributed by atoms with Crippen LogP contribution in [0, 0.1) is 11.3 Å². The average Bonchev–Trinajstić information content (AvgIpc) is 2.50. The zero-order valence-electron chi connectivity index (χ0n) is 10.2. The number of rotatable bonds is 2. The first-order valence-corrected chi connectivity index (χ1v) is 6.16. The molecular weight excluding hydrogens is 210 g/mol. The lowest BCUT2D eigenvalue weighted by atomic mass is 9.80. The van der Waals surface area contributed by atoms with Gasteiger partial charge in [-0.25, -0.2) is 0 Å². The van der Waals surface area contributed by atoms with Crippen molar-refractivity contribution in [3.05, 3.63) is 0 Å². The third-order valence-corrected chi connectivity index (χ3v) is 3.80. The highest BCUT2D eigenvalue weighted by Gasteiger charge is 2.28. The van der Waals surface area contributed by atoms with Crippen LogP contribution in [0.15, 0.2) is 0 Å². The second-order valence-electron chi connectivity index (χ2n) is 5.70. The Bertz CT molecular complexity index is 234. The van der Waals surface area contributed by atoms with Gasteiger partial charge in [0.25, 0.3) is 0 Å². The van der Waals surface area contributed by atoms with Crippen molar-refractivity contribution in [3.63, 3.8) is 0 Å². The van der Waals surface area contributed by atoms with Gasteiger partial charge in [0.05, 0.1) is 5.38 Å². The van der Waals surface area contributed by atoms with Crippen LogP contribution >= 0.6 is 11.6 Å². The maximum atomic E-state index is 11.9. The summed E-state index contributed by atoms with van der Waals surface area (Å²) in [4.78, 5) is 13.8. The Morgan fingerprint density at radius 3 is 2.53 bits per heavy atom. The van der Waals surface area contributed by atoms with E-state index in [0.717, 1.165) is 19.5 Å². The maximum Gasteiger partial charge on any atom is 0.222 e. The lowest BCUT2D eigenvalue weighted by Gasteiger charge is -2.28. The van der Waals surface area contributed by atoms with Crippen molar-refractivity contribution in [2.24, 2.45) is 11.3 Å². The summed E-state index contributed by atoms with van der Waals surface area (Å²) >= 11 is 5.98. The number of halogens is 1. The van der Waals surface area contributed by atoms with Crippen molar-refractivity contribution in [1.29, 1.82) is 0 Å². The van der Waals surface area contributed by atoms with Gasteiger partial charge in [0.15, 0.2) is 0 Å². The molecule has 0 saturated carbocycles. The molecule has 1 saturated heterocycles. The molecule has 1 aliphatic rings. The monoisotopic (exact) mass is 231 g/mol. The highest BCUT2D eigenvalue weighted by molar-refractivity contribution is 6.21. The van der Waals surface area contributed by atoms with E-state index >= 15 is 0 Å². The van der Waals surface area contributed by atoms with Crippen molar-refractivity contribution < 1.29 is 4.79 Å². The first kappa shape index (κ1) is 12.8. The minimum atomic E-state index is 0.166. The van der Waals surface area contributed by atoms with Gasteiger partial charge < -0.3 is 4.90 Å². The van der Waals surface area contributed by atoms with Gasteiger partial charge in [0, 0.05) is 19.5 Å². The minimum absolute atomic E-state index is 0.166. The Balaban J connectivity index is 2.42. The Morgan fingerprint density at radius 2 is 2.13 bits per heavy atom. The molecule has 1 rings (SSSR count). The van der Waals surface area contributed by atoms with Gasteiger partial charge in [0.1, 0.15) is 0 Å². The molecule has 0 aromatic carbocycles. The maximum absolute atomic E-state index is 11.9. The second-order valence-corrected chi connectivity index (χ2v) is 6.31. The van der Waals surface area contributed by atoms with Crippen molar-refractivity contribution in [2.45, 2.75) is 45.9 Å². The molecule has 0 radical (unpaired) electrons. The first-order chi connectivity index (χ1) is 6.80. The molecule has 1 fully saturated rings. The number of nitrogens with zero attached hydrogens (tertiary/aromatic N) is 1. The van der Waals surface area contributed by atoms with Crippen LogP contribution in [-0.4, -0.2) is 29.3 Å². The summed E-state index contributed by atoms with van der Waals surface area (Å²) in [5.74, 6) is 0.681. The zero-order valence-corrected chi connectivity index (χ0v) is 11.0. The normalized spacial score (nSPS) is 24.3. The number of carbonyl (C=O) groups is 1. The summed E-state index contributed by atoms with van der Waals surface area (Å²) in [5.41, 5.74) is 0.204. The second kappa shape index (κ2) is 4.73. The molecule has 0 N–H and O–H groups in total. The first-order valence-electron chi connectivity index (χ1n) is 5.72. The van der Waals surface area contributed by atoms with Crippen molar-refractivity contribution in [3.8, 4) is 0 Å². The summed E-state index contributed by atoms with van der Waals surface area (Å²) in [7, 11) is 0. The molecule has 88 valence electrons. The fourth-order valence-electron chi connectivity index (χ4n) is 1.64. The van der Waals surface area contributed by atoms with E-state index in [0.29, 0.717) is 12.3 Å². The molecule has 0 aliphatic carbocycles. The number of alkyl halides is 1. The van der Waals surface area contributed by atoms with Crippen LogP contribution in [-0.2, 0) is 4.79 Å². The van der Waals surface area contributed by atoms with E-state index in [1.807, 2.05) is 4.90 Å². The van der Waals surface area contributed by atoms with Gasteiger partial charge in [-0.3, -0.25) is 4.79 Å². The van der Waals surface area contributed by atoms with Crippen molar-refractivity contribution >= 4 is 17.5 Å². The fraction of sp³-hybridized carbons (Fsp3) is 0.917. The number of amides is 1. The standard InChI is InChI=1S/C12H22ClNO/c1-9(12(2,3)4)7-11(15)14-6-5-10(13)8-14/h9-10H,5-8H2,1-4H3. The van der Waals surface area contributed by atoms with Gasteiger partial charge >= 0.3 is 0 Å². The lowest BCUT2D eigenvalue weighted by Crippen LogP contribution is -2.32. The third kappa shape index (κ3) is 3.67. The van der Waals surface area contributed by atoms with Gasteiger partial charge in [0.2, 0.25) is 5.91 Å². The summed E-state index contributed by atoms with van der Waals surface area (Å²) in [6.07, 6.45) is 1.59. The Kier molecular flexibility index (Phi) is 4.05. The highest BCUT2D eigenvalue weighted by atomic mass is 35.5. The highest BCUT2D eigenvalue weighted by Crippen LogP contribution is 2.29. The SMILES string of the molecule is CC(CC(=O)N1CCC(Cl)C1)C(C)(C)C. The molecule has 0 spiro atoms. The van der Waals surface area contributed by atoms with E-state index in [1.165, 1.54) is 0 Å². The van der Waals surface area contributed by atoms with Crippen LogP contribution in [0.3, 0.4) is 0 Å². The Morgan fingerprint density at radius 1 is 1.53 bits per heavy atom. The molecule has 2 atom stereocenters. The van der Waals surface area contributed by atoms with Gasteiger partial charge in [-0.1, -0.05) is 27.7 Å². The predicted octanol–water partition coefficient (Wildman–Crippen LogP) is 2.90. The number of likely N-dealkylation sites (tertiary alicyclic amines) is 1.